The molecule has 0 aromatic heterocycles. The summed E-state index contributed by atoms with van der Waals surface area (Å²) in [7, 11) is 3.97. The van der Waals surface area contributed by atoms with Crippen LogP contribution in [0.1, 0.15) is 20.8 Å². The zero-order valence-electron chi connectivity index (χ0n) is 16.7. The molecule has 26 heavy (non-hydrogen) atoms. The van der Waals surface area contributed by atoms with E-state index in [-0.39, 0.29) is 29.9 Å². The number of likely N-dealkylation sites (N-methyl/N-ethyl adjacent to an activating group) is 3. The average Bonchev–Trinajstić information content (AvgIpc) is 2.62. The molecule has 7 heteroatoms. The summed E-state index contributed by atoms with van der Waals surface area (Å²) in [5.41, 5.74) is 1.17. The molecule has 0 unspecified atom stereocenters. The number of anilines is 1. The van der Waals surface area contributed by atoms with Crippen molar-refractivity contribution < 1.29 is 4.79 Å². The van der Waals surface area contributed by atoms with Crippen LogP contribution < -0.4 is 10.2 Å². The van der Waals surface area contributed by atoms with Gasteiger partial charge in [-0.2, -0.15) is 0 Å². The molecule has 1 aromatic carbocycles. The number of guanidine groups is 1. The molecular weight excluding hydrogens is 441 g/mol. The Morgan fingerprint density at radius 3 is 2.23 bits per heavy atom. The zero-order valence-corrected chi connectivity index (χ0v) is 19.1. The quantitative estimate of drug-likeness (QED) is 0.339. The van der Waals surface area contributed by atoms with E-state index in [1.165, 1.54) is 5.69 Å². The monoisotopic (exact) mass is 475 g/mol. The summed E-state index contributed by atoms with van der Waals surface area (Å²) in [4.78, 5) is 22.9. The van der Waals surface area contributed by atoms with Gasteiger partial charge < -0.3 is 20.0 Å². The number of hydrogen-bond acceptors (Lipinski definition) is 3. The number of halogens is 1. The Labute approximate surface area is 175 Å². The van der Waals surface area contributed by atoms with Crippen LogP contribution in [0.2, 0.25) is 0 Å². The molecule has 1 rings (SSSR count). The molecule has 0 radical (unpaired) electrons. The summed E-state index contributed by atoms with van der Waals surface area (Å²) >= 11 is 0. The Morgan fingerprint density at radius 2 is 1.69 bits per heavy atom. The van der Waals surface area contributed by atoms with Crippen LogP contribution >= 0.6 is 24.0 Å². The molecule has 0 atom stereocenters. The van der Waals surface area contributed by atoms with Gasteiger partial charge in [-0.1, -0.05) is 18.2 Å². The van der Waals surface area contributed by atoms with Crippen LogP contribution in [-0.2, 0) is 4.79 Å². The van der Waals surface area contributed by atoms with Gasteiger partial charge in [-0.25, -0.2) is 0 Å². The molecular formula is C19H34IN5O. The standard InChI is InChI=1S/C19H33N5O.HI/c1-6-20-19(23(5)16-18(25)24(7-2)8-3)21-14-15-22(4)17-12-10-9-11-13-17;/h9-13H,6-8,14-16H2,1-5H3,(H,20,21);1H. The van der Waals surface area contributed by atoms with Crippen LogP contribution in [0.15, 0.2) is 35.3 Å². The van der Waals surface area contributed by atoms with Gasteiger partial charge in [0, 0.05) is 46.0 Å². The maximum Gasteiger partial charge on any atom is 0.242 e. The van der Waals surface area contributed by atoms with Crippen LogP contribution in [0.3, 0.4) is 0 Å². The van der Waals surface area contributed by atoms with E-state index in [4.69, 9.17) is 0 Å². The Bertz CT molecular complexity index is 534. The van der Waals surface area contributed by atoms with Crippen LogP contribution in [0.5, 0.6) is 0 Å². The number of carbonyl (C=O) groups is 1. The van der Waals surface area contributed by atoms with Crippen molar-refractivity contribution >= 4 is 41.5 Å². The Hall–Kier alpha value is -1.51. The van der Waals surface area contributed by atoms with Crippen molar-refractivity contribution in [2.45, 2.75) is 20.8 Å². The predicted molar refractivity (Wildman–Crippen MR) is 122 cm³/mol. The molecule has 1 amide bonds. The lowest BCUT2D eigenvalue weighted by atomic mass is 10.3. The number of nitrogens with one attached hydrogen (secondary N) is 1. The summed E-state index contributed by atoms with van der Waals surface area (Å²) in [5, 5.41) is 3.26. The van der Waals surface area contributed by atoms with Gasteiger partial charge in [-0.15, -0.1) is 24.0 Å². The van der Waals surface area contributed by atoms with E-state index in [2.05, 4.69) is 34.4 Å². The molecule has 0 fully saturated rings. The summed E-state index contributed by atoms with van der Waals surface area (Å²) in [5.74, 6) is 0.893. The number of para-hydroxylation sites is 1. The number of aliphatic imine (C=N–C) groups is 1. The third-order valence-electron chi connectivity index (χ3n) is 4.08. The first-order valence-electron chi connectivity index (χ1n) is 9.06. The van der Waals surface area contributed by atoms with E-state index in [9.17, 15) is 4.79 Å². The van der Waals surface area contributed by atoms with Crippen molar-refractivity contribution in [2.24, 2.45) is 4.99 Å². The number of nitrogens with zero attached hydrogens (tertiary/aromatic N) is 4. The highest BCUT2D eigenvalue weighted by atomic mass is 127. The SMILES string of the molecule is CCNC(=NCCN(C)c1ccccc1)N(C)CC(=O)N(CC)CC.I. The molecule has 0 aliphatic rings. The minimum absolute atomic E-state index is 0. The van der Waals surface area contributed by atoms with E-state index in [0.29, 0.717) is 13.1 Å². The lowest BCUT2D eigenvalue weighted by Gasteiger charge is -2.26. The first-order chi connectivity index (χ1) is 12.0. The molecule has 0 spiro atoms. The normalized spacial score (nSPS) is 10.7. The van der Waals surface area contributed by atoms with Crippen LogP contribution in [0.4, 0.5) is 5.69 Å². The van der Waals surface area contributed by atoms with Crippen molar-refractivity contribution in [2.75, 3.05) is 58.3 Å². The molecule has 0 saturated heterocycles. The minimum atomic E-state index is 0. The fourth-order valence-corrected chi connectivity index (χ4v) is 2.54. The van der Waals surface area contributed by atoms with Crippen molar-refractivity contribution in [3.05, 3.63) is 30.3 Å². The summed E-state index contributed by atoms with van der Waals surface area (Å²) < 4.78 is 0. The predicted octanol–water partition coefficient (Wildman–Crippen LogP) is 2.51. The smallest absolute Gasteiger partial charge is 0.242 e. The molecule has 0 heterocycles. The molecule has 1 N–H and O–H groups in total. The molecule has 0 aliphatic carbocycles. The Balaban J connectivity index is 0.00000625. The maximum absolute atomic E-state index is 12.3. The minimum Gasteiger partial charge on any atom is -0.373 e. The number of carbonyl (C=O) groups excluding carboxylic acids is 1. The second-order valence-electron chi connectivity index (χ2n) is 5.91. The number of rotatable bonds is 9. The second-order valence-corrected chi connectivity index (χ2v) is 5.91. The van der Waals surface area contributed by atoms with Crippen molar-refractivity contribution in [3.63, 3.8) is 0 Å². The van der Waals surface area contributed by atoms with Gasteiger partial charge in [0.1, 0.15) is 0 Å². The zero-order chi connectivity index (χ0) is 18.7. The van der Waals surface area contributed by atoms with E-state index in [1.54, 1.807) is 0 Å². The lowest BCUT2D eigenvalue weighted by molar-refractivity contribution is -0.131. The average molecular weight is 475 g/mol. The van der Waals surface area contributed by atoms with Gasteiger partial charge in [-0.3, -0.25) is 9.79 Å². The third kappa shape index (κ3) is 8.25. The van der Waals surface area contributed by atoms with Crippen LogP contribution in [0, 0.1) is 0 Å². The molecule has 0 saturated carbocycles. The summed E-state index contributed by atoms with van der Waals surface area (Å²) in [6, 6.07) is 10.3. The van der Waals surface area contributed by atoms with Gasteiger partial charge in [-0.05, 0) is 32.9 Å². The van der Waals surface area contributed by atoms with E-state index in [0.717, 1.165) is 32.1 Å². The largest absolute Gasteiger partial charge is 0.373 e. The van der Waals surface area contributed by atoms with E-state index >= 15 is 0 Å². The third-order valence-corrected chi connectivity index (χ3v) is 4.08. The topological polar surface area (TPSA) is 51.2 Å². The fraction of sp³-hybridized carbons (Fsp3) is 0.579. The van der Waals surface area contributed by atoms with Gasteiger partial charge >= 0.3 is 0 Å². The van der Waals surface area contributed by atoms with Gasteiger partial charge in [0.2, 0.25) is 5.91 Å². The summed E-state index contributed by atoms with van der Waals surface area (Å²) in [6.45, 7) is 10.1. The van der Waals surface area contributed by atoms with Crippen molar-refractivity contribution in [1.82, 2.24) is 15.1 Å². The van der Waals surface area contributed by atoms with Gasteiger partial charge in [0.15, 0.2) is 5.96 Å². The van der Waals surface area contributed by atoms with Gasteiger partial charge in [0.25, 0.3) is 0 Å². The molecule has 148 valence electrons. The number of hydrogen-bond donors (Lipinski definition) is 1. The van der Waals surface area contributed by atoms with Crippen LogP contribution in [0.25, 0.3) is 0 Å². The van der Waals surface area contributed by atoms with E-state index < -0.39 is 0 Å². The Morgan fingerprint density at radius 1 is 1.08 bits per heavy atom. The van der Waals surface area contributed by atoms with Crippen molar-refractivity contribution in [3.8, 4) is 0 Å². The first-order valence-corrected chi connectivity index (χ1v) is 9.06. The Kier molecular flexibility index (Phi) is 12.9. The molecule has 0 aliphatic heterocycles. The molecule has 6 nitrogen and oxygen atoms in total. The highest BCUT2D eigenvalue weighted by Gasteiger charge is 2.14. The highest BCUT2D eigenvalue weighted by molar-refractivity contribution is 14.0. The number of benzene rings is 1. The first kappa shape index (κ1) is 24.5. The maximum atomic E-state index is 12.3. The highest BCUT2D eigenvalue weighted by Crippen LogP contribution is 2.10. The van der Waals surface area contributed by atoms with Crippen molar-refractivity contribution in [1.29, 1.82) is 0 Å². The van der Waals surface area contributed by atoms with E-state index in [1.807, 2.05) is 55.8 Å². The number of amides is 1. The molecule has 0 bridgehead atoms. The second kappa shape index (κ2) is 13.7. The lowest BCUT2D eigenvalue weighted by Crippen LogP contribution is -2.45. The summed E-state index contributed by atoms with van der Waals surface area (Å²) in [6.07, 6.45) is 0. The molecule has 1 aromatic rings. The fourth-order valence-electron chi connectivity index (χ4n) is 2.54. The van der Waals surface area contributed by atoms with Gasteiger partial charge in [0.05, 0.1) is 13.1 Å². The van der Waals surface area contributed by atoms with Crippen LogP contribution in [-0.4, -0.2) is 75.0 Å².